The predicted molar refractivity (Wildman–Crippen MR) is 114 cm³/mol. The summed E-state index contributed by atoms with van der Waals surface area (Å²) < 4.78 is 21.0. The second kappa shape index (κ2) is 8.78. The lowest BCUT2D eigenvalue weighted by atomic mass is 10.2. The number of hydrogen-bond donors (Lipinski definition) is 1. The average molecular weight is 403 g/mol. The van der Waals surface area contributed by atoms with Gasteiger partial charge < -0.3 is 14.6 Å². The van der Waals surface area contributed by atoms with Gasteiger partial charge >= 0.3 is 0 Å². The summed E-state index contributed by atoms with van der Waals surface area (Å²) in [6.45, 7) is 3.36. The quantitative estimate of drug-likeness (QED) is 0.495. The van der Waals surface area contributed by atoms with Crippen LogP contribution in [0.15, 0.2) is 72.8 Å². The zero-order valence-electron chi connectivity index (χ0n) is 16.6. The van der Waals surface area contributed by atoms with E-state index in [0.29, 0.717) is 18.7 Å². The molecule has 0 aliphatic carbocycles. The molecule has 0 saturated heterocycles. The normalized spacial score (nSPS) is 10.9. The number of halogens is 1. The number of aromatic nitrogens is 2. The molecule has 152 valence electrons. The van der Waals surface area contributed by atoms with Gasteiger partial charge in [0.15, 0.2) is 0 Å². The van der Waals surface area contributed by atoms with Gasteiger partial charge in [-0.1, -0.05) is 29.8 Å². The van der Waals surface area contributed by atoms with Crippen LogP contribution in [0.5, 0.6) is 5.75 Å². The van der Waals surface area contributed by atoms with E-state index in [0.717, 1.165) is 22.6 Å². The van der Waals surface area contributed by atoms with Crippen molar-refractivity contribution in [1.29, 1.82) is 0 Å². The van der Waals surface area contributed by atoms with Gasteiger partial charge in [-0.05, 0) is 55.5 Å². The number of carbonyl (C=O) groups is 1. The molecule has 30 heavy (non-hydrogen) atoms. The minimum absolute atomic E-state index is 0.259. The highest BCUT2D eigenvalue weighted by Crippen LogP contribution is 2.17. The third kappa shape index (κ3) is 4.49. The molecule has 1 amide bonds. The first-order valence-electron chi connectivity index (χ1n) is 9.77. The van der Waals surface area contributed by atoms with E-state index in [9.17, 15) is 9.18 Å². The van der Waals surface area contributed by atoms with Gasteiger partial charge in [0, 0.05) is 5.56 Å². The third-order valence-electron chi connectivity index (χ3n) is 4.85. The summed E-state index contributed by atoms with van der Waals surface area (Å²) in [7, 11) is 0. The summed E-state index contributed by atoms with van der Waals surface area (Å²) >= 11 is 0. The maximum atomic E-state index is 13.1. The molecule has 0 radical (unpaired) electrons. The molecule has 0 saturated carbocycles. The van der Waals surface area contributed by atoms with Crippen molar-refractivity contribution in [2.24, 2.45) is 0 Å². The highest BCUT2D eigenvalue weighted by Gasteiger charge is 2.12. The molecular formula is C24H22FN3O2. The Morgan fingerprint density at radius 2 is 1.77 bits per heavy atom. The fourth-order valence-corrected chi connectivity index (χ4v) is 3.26. The van der Waals surface area contributed by atoms with Crippen molar-refractivity contribution in [1.82, 2.24) is 14.9 Å². The van der Waals surface area contributed by atoms with Gasteiger partial charge in [-0.15, -0.1) is 0 Å². The molecule has 3 aromatic carbocycles. The fraction of sp³-hybridized carbons (Fsp3) is 0.167. The van der Waals surface area contributed by atoms with Gasteiger partial charge in [0.1, 0.15) is 24.0 Å². The lowest BCUT2D eigenvalue weighted by Crippen LogP contribution is -2.25. The molecule has 4 rings (SSSR count). The molecule has 0 atom stereocenters. The maximum absolute atomic E-state index is 13.1. The van der Waals surface area contributed by atoms with Crippen LogP contribution in [0.4, 0.5) is 4.39 Å². The fourth-order valence-electron chi connectivity index (χ4n) is 3.26. The van der Waals surface area contributed by atoms with Crippen molar-refractivity contribution >= 4 is 16.9 Å². The number of nitrogens with zero attached hydrogens (tertiary/aromatic N) is 2. The lowest BCUT2D eigenvalue weighted by Gasteiger charge is -2.12. The number of fused-ring (bicyclic) bond motifs is 1. The molecule has 1 aromatic heterocycles. The number of carbonyl (C=O) groups excluding carboxylic acids is 1. The first kappa shape index (κ1) is 19.6. The van der Waals surface area contributed by atoms with Gasteiger partial charge in [-0.2, -0.15) is 0 Å². The van der Waals surface area contributed by atoms with Crippen LogP contribution in [0.25, 0.3) is 11.0 Å². The summed E-state index contributed by atoms with van der Waals surface area (Å²) in [6, 6.07) is 21.2. The Morgan fingerprint density at radius 1 is 1.03 bits per heavy atom. The van der Waals surface area contributed by atoms with E-state index >= 15 is 0 Å². The van der Waals surface area contributed by atoms with Crippen LogP contribution in [-0.4, -0.2) is 22.1 Å². The summed E-state index contributed by atoms with van der Waals surface area (Å²) in [5.74, 6) is 0.904. The molecule has 0 bridgehead atoms. The van der Waals surface area contributed by atoms with Crippen LogP contribution in [0.2, 0.25) is 0 Å². The summed E-state index contributed by atoms with van der Waals surface area (Å²) in [5.41, 5.74) is 3.43. The van der Waals surface area contributed by atoms with E-state index < -0.39 is 0 Å². The minimum Gasteiger partial charge on any atom is -0.492 e. The van der Waals surface area contributed by atoms with Crippen LogP contribution < -0.4 is 10.1 Å². The van der Waals surface area contributed by atoms with Crippen LogP contribution >= 0.6 is 0 Å². The standard InChI is InChI=1S/C24H22FN3O2/c1-17-6-12-20(13-7-17)30-15-14-28-22-5-3-2-4-21(22)27-23(28)16-26-24(29)18-8-10-19(25)11-9-18/h2-13H,14-16H2,1H3,(H,26,29). The van der Waals surface area contributed by atoms with Gasteiger partial charge in [0.25, 0.3) is 5.91 Å². The molecule has 1 N–H and O–H groups in total. The number of amides is 1. The number of para-hydroxylation sites is 2. The van der Waals surface area contributed by atoms with Crippen molar-refractivity contribution in [3.8, 4) is 5.75 Å². The highest BCUT2D eigenvalue weighted by molar-refractivity contribution is 5.94. The Kier molecular flexibility index (Phi) is 5.75. The number of benzene rings is 3. The van der Waals surface area contributed by atoms with Crippen molar-refractivity contribution in [3.63, 3.8) is 0 Å². The number of hydrogen-bond acceptors (Lipinski definition) is 3. The maximum Gasteiger partial charge on any atom is 0.251 e. The van der Waals surface area contributed by atoms with Crippen LogP contribution in [0.1, 0.15) is 21.7 Å². The zero-order chi connectivity index (χ0) is 20.9. The van der Waals surface area contributed by atoms with E-state index in [1.807, 2.05) is 55.5 Å². The topological polar surface area (TPSA) is 56.1 Å². The van der Waals surface area contributed by atoms with E-state index in [-0.39, 0.29) is 18.3 Å². The first-order chi connectivity index (χ1) is 14.6. The van der Waals surface area contributed by atoms with Crippen LogP contribution in [0, 0.1) is 12.7 Å². The van der Waals surface area contributed by atoms with Crippen molar-refractivity contribution < 1.29 is 13.9 Å². The van der Waals surface area contributed by atoms with Gasteiger partial charge in [-0.3, -0.25) is 4.79 Å². The summed E-state index contributed by atoms with van der Waals surface area (Å²) in [6.07, 6.45) is 0. The summed E-state index contributed by atoms with van der Waals surface area (Å²) in [5, 5.41) is 2.86. The molecule has 0 aliphatic heterocycles. The smallest absolute Gasteiger partial charge is 0.251 e. The average Bonchev–Trinajstić information content (AvgIpc) is 3.11. The second-order valence-electron chi connectivity index (χ2n) is 7.02. The Morgan fingerprint density at radius 3 is 2.53 bits per heavy atom. The molecule has 0 spiro atoms. The Labute approximate surface area is 174 Å². The van der Waals surface area contributed by atoms with Crippen LogP contribution in [0.3, 0.4) is 0 Å². The number of imidazole rings is 1. The molecule has 1 heterocycles. The minimum atomic E-state index is -0.373. The first-order valence-corrected chi connectivity index (χ1v) is 9.77. The molecule has 4 aromatic rings. The molecule has 6 heteroatoms. The van der Waals surface area contributed by atoms with Gasteiger partial charge in [0.2, 0.25) is 0 Å². The SMILES string of the molecule is Cc1ccc(OCCn2c(CNC(=O)c3ccc(F)cc3)nc3ccccc32)cc1. The number of nitrogens with one attached hydrogen (secondary N) is 1. The summed E-state index contributed by atoms with van der Waals surface area (Å²) in [4.78, 5) is 17.0. The van der Waals surface area contributed by atoms with Gasteiger partial charge in [0.05, 0.1) is 24.1 Å². The van der Waals surface area contributed by atoms with Crippen LogP contribution in [-0.2, 0) is 13.1 Å². The lowest BCUT2D eigenvalue weighted by molar-refractivity contribution is 0.0949. The van der Waals surface area contributed by atoms with E-state index in [2.05, 4.69) is 14.9 Å². The van der Waals surface area contributed by atoms with Crippen molar-refractivity contribution in [2.45, 2.75) is 20.0 Å². The van der Waals surface area contributed by atoms with Crippen molar-refractivity contribution in [2.75, 3.05) is 6.61 Å². The number of rotatable bonds is 7. The molecule has 0 aliphatic rings. The zero-order valence-corrected chi connectivity index (χ0v) is 16.6. The number of aryl methyl sites for hydroxylation is 1. The second-order valence-corrected chi connectivity index (χ2v) is 7.02. The monoisotopic (exact) mass is 403 g/mol. The number of ether oxygens (including phenoxy) is 1. The van der Waals surface area contributed by atoms with E-state index in [4.69, 9.17) is 4.74 Å². The highest BCUT2D eigenvalue weighted by atomic mass is 19.1. The van der Waals surface area contributed by atoms with Gasteiger partial charge in [-0.25, -0.2) is 9.37 Å². The Balaban J connectivity index is 1.47. The Bertz CT molecular complexity index is 1150. The van der Waals surface area contributed by atoms with E-state index in [1.165, 1.54) is 29.8 Å². The van der Waals surface area contributed by atoms with E-state index in [1.54, 1.807) is 0 Å². The molecule has 0 unspecified atom stereocenters. The Hall–Kier alpha value is -3.67. The molecule has 0 fully saturated rings. The molecule has 5 nitrogen and oxygen atoms in total. The largest absolute Gasteiger partial charge is 0.492 e. The molecular weight excluding hydrogens is 381 g/mol. The predicted octanol–water partition coefficient (Wildman–Crippen LogP) is 4.49. The van der Waals surface area contributed by atoms with Crippen molar-refractivity contribution in [3.05, 3.63) is 95.6 Å². The third-order valence-corrected chi connectivity index (χ3v) is 4.85.